The summed E-state index contributed by atoms with van der Waals surface area (Å²) in [5.41, 5.74) is 0.309. The molecule has 1 fully saturated rings. The van der Waals surface area contributed by atoms with E-state index >= 15 is 0 Å². The van der Waals surface area contributed by atoms with E-state index in [4.69, 9.17) is 4.74 Å². The normalized spacial score (nSPS) is 20.8. The lowest BCUT2D eigenvalue weighted by molar-refractivity contribution is 0.0875. The van der Waals surface area contributed by atoms with E-state index < -0.39 is 11.6 Å². The van der Waals surface area contributed by atoms with Crippen molar-refractivity contribution >= 4 is 21.6 Å². The molecule has 1 saturated heterocycles. The summed E-state index contributed by atoms with van der Waals surface area (Å²) in [6.07, 6.45) is 1.90. The maximum absolute atomic E-state index is 13.4. The van der Waals surface area contributed by atoms with Crippen LogP contribution in [0.15, 0.2) is 16.6 Å². The Kier molecular flexibility index (Phi) is 3.76. The van der Waals surface area contributed by atoms with E-state index in [9.17, 15) is 8.78 Å². The fraction of sp³-hybridized carbons (Fsp3) is 0.455. The van der Waals surface area contributed by atoms with Gasteiger partial charge >= 0.3 is 0 Å². The molecule has 1 aliphatic heterocycles. The van der Waals surface area contributed by atoms with Crippen molar-refractivity contribution < 1.29 is 13.5 Å². The first kappa shape index (κ1) is 11.8. The van der Waals surface area contributed by atoms with Gasteiger partial charge in [-0.05, 0) is 34.8 Å². The Hall–Kier alpha value is -0.680. The predicted molar refractivity (Wildman–Crippen MR) is 61.5 cm³/mol. The van der Waals surface area contributed by atoms with Gasteiger partial charge in [0.05, 0.1) is 16.8 Å². The third-order valence-electron chi connectivity index (χ3n) is 2.53. The minimum Gasteiger partial charge on any atom is -0.379 e. The number of hydrogen-bond donors (Lipinski definition) is 1. The van der Waals surface area contributed by atoms with Crippen LogP contribution in [0.3, 0.4) is 0 Å². The first-order valence-corrected chi connectivity index (χ1v) is 5.95. The van der Waals surface area contributed by atoms with Crippen molar-refractivity contribution in [1.82, 2.24) is 0 Å². The van der Waals surface area contributed by atoms with E-state index in [-0.39, 0.29) is 10.5 Å². The van der Waals surface area contributed by atoms with Gasteiger partial charge in [-0.15, -0.1) is 0 Å². The minimum absolute atomic E-state index is 0.0978. The SMILES string of the molecule is Fc1cc(F)c(NC2CCCOC2)cc1Br. The molecule has 1 atom stereocenters. The van der Waals surface area contributed by atoms with Crippen molar-refractivity contribution in [3.8, 4) is 0 Å². The first-order chi connectivity index (χ1) is 7.66. The van der Waals surface area contributed by atoms with E-state index in [2.05, 4.69) is 21.2 Å². The van der Waals surface area contributed by atoms with Gasteiger partial charge in [-0.25, -0.2) is 8.78 Å². The molecule has 1 aliphatic rings. The molecule has 0 aliphatic carbocycles. The van der Waals surface area contributed by atoms with Crippen LogP contribution in [-0.4, -0.2) is 19.3 Å². The maximum atomic E-state index is 13.4. The molecule has 1 aromatic carbocycles. The molecule has 0 saturated carbocycles. The zero-order valence-electron chi connectivity index (χ0n) is 8.60. The van der Waals surface area contributed by atoms with Crippen molar-refractivity contribution in [3.05, 3.63) is 28.2 Å². The van der Waals surface area contributed by atoms with Gasteiger partial charge in [-0.3, -0.25) is 0 Å². The molecule has 16 heavy (non-hydrogen) atoms. The second-order valence-electron chi connectivity index (χ2n) is 3.80. The molecule has 2 nitrogen and oxygen atoms in total. The molecule has 1 N–H and O–H groups in total. The number of rotatable bonds is 2. The highest BCUT2D eigenvalue weighted by atomic mass is 79.9. The molecule has 1 aromatic rings. The number of ether oxygens (including phenoxy) is 1. The van der Waals surface area contributed by atoms with E-state index in [1.807, 2.05) is 0 Å². The fourth-order valence-electron chi connectivity index (χ4n) is 1.71. The molecule has 2 rings (SSSR count). The summed E-state index contributed by atoms with van der Waals surface area (Å²) >= 11 is 3.03. The van der Waals surface area contributed by atoms with Crippen LogP contribution in [0.1, 0.15) is 12.8 Å². The lowest BCUT2D eigenvalue weighted by Gasteiger charge is -2.24. The smallest absolute Gasteiger partial charge is 0.149 e. The molecule has 0 spiro atoms. The maximum Gasteiger partial charge on any atom is 0.149 e. The van der Waals surface area contributed by atoms with Crippen LogP contribution < -0.4 is 5.32 Å². The van der Waals surface area contributed by atoms with Crippen molar-refractivity contribution in [2.45, 2.75) is 18.9 Å². The summed E-state index contributed by atoms with van der Waals surface area (Å²) in [7, 11) is 0. The second kappa shape index (κ2) is 5.10. The largest absolute Gasteiger partial charge is 0.379 e. The van der Waals surface area contributed by atoms with Crippen LogP contribution in [-0.2, 0) is 4.74 Å². The second-order valence-corrected chi connectivity index (χ2v) is 4.66. The average Bonchev–Trinajstić information content (AvgIpc) is 2.27. The van der Waals surface area contributed by atoms with E-state index in [0.717, 1.165) is 25.5 Å². The Morgan fingerprint density at radius 1 is 1.31 bits per heavy atom. The summed E-state index contributed by atoms with van der Waals surface area (Å²) in [6, 6.07) is 2.38. The monoisotopic (exact) mass is 291 g/mol. The van der Waals surface area contributed by atoms with Crippen molar-refractivity contribution in [3.63, 3.8) is 0 Å². The molecule has 0 amide bonds. The van der Waals surface area contributed by atoms with Crippen LogP contribution in [0.25, 0.3) is 0 Å². The number of nitrogens with one attached hydrogen (secondary N) is 1. The van der Waals surface area contributed by atoms with Crippen molar-refractivity contribution in [2.75, 3.05) is 18.5 Å². The fourth-order valence-corrected chi connectivity index (χ4v) is 2.05. The lowest BCUT2D eigenvalue weighted by Crippen LogP contribution is -2.30. The van der Waals surface area contributed by atoms with E-state index in [1.165, 1.54) is 6.07 Å². The van der Waals surface area contributed by atoms with Gasteiger partial charge < -0.3 is 10.1 Å². The number of anilines is 1. The van der Waals surface area contributed by atoms with Gasteiger partial charge in [0.25, 0.3) is 0 Å². The zero-order valence-corrected chi connectivity index (χ0v) is 10.2. The summed E-state index contributed by atoms with van der Waals surface area (Å²) in [5, 5.41) is 3.02. The molecular weight excluding hydrogens is 280 g/mol. The Labute approximate surface area is 101 Å². The summed E-state index contributed by atoms with van der Waals surface area (Å²) in [4.78, 5) is 0. The molecular formula is C11H12BrF2NO. The van der Waals surface area contributed by atoms with Gasteiger partial charge in [0.15, 0.2) is 0 Å². The molecule has 0 aromatic heterocycles. The van der Waals surface area contributed by atoms with Crippen LogP contribution in [0.5, 0.6) is 0 Å². The van der Waals surface area contributed by atoms with Gasteiger partial charge in [0, 0.05) is 18.7 Å². The first-order valence-electron chi connectivity index (χ1n) is 5.15. The van der Waals surface area contributed by atoms with Crippen LogP contribution in [0, 0.1) is 11.6 Å². The number of hydrogen-bond acceptors (Lipinski definition) is 2. The highest BCUT2D eigenvalue weighted by molar-refractivity contribution is 9.10. The molecule has 0 bridgehead atoms. The number of benzene rings is 1. The van der Waals surface area contributed by atoms with Gasteiger partial charge in [0.2, 0.25) is 0 Å². The van der Waals surface area contributed by atoms with Crippen LogP contribution >= 0.6 is 15.9 Å². The molecule has 88 valence electrons. The van der Waals surface area contributed by atoms with Gasteiger partial charge in [-0.2, -0.15) is 0 Å². The average molecular weight is 292 g/mol. The Balaban J connectivity index is 2.11. The van der Waals surface area contributed by atoms with E-state index in [1.54, 1.807) is 0 Å². The third-order valence-corrected chi connectivity index (χ3v) is 3.14. The summed E-state index contributed by atoms with van der Waals surface area (Å²) in [6.45, 7) is 1.32. The van der Waals surface area contributed by atoms with Crippen LogP contribution in [0.4, 0.5) is 14.5 Å². The molecule has 1 heterocycles. The highest BCUT2D eigenvalue weighted by Gasteiger charge is 2.16. The Morgan fingerprint density at radius 2 is 2.12 bits per heavy atom. The predicted octanol–water partition coefficient (Wildman–Crippen LogP) is 3.32. The Morgan fingerprint density at radius 3 is 2.81 bits per heavy atom. The topological polar surface area (TPSA) is 21.3 Å². The lowest BCUT2D eigenvalue weighted by atomic mass is 10.1. The minimum atomic E-state index is -0.594. The quantitative estimate of drug-likeness (QED) is 0.844. The van der Waals surface area contributed by atoms with Crippen molar-refractivity contribution in [1.29, 1.82) is 0 Å². The molecule has 0 radical (unpaired) electrons. The van der Waals surface area contributed by atoms with Crippen molar-refractivity contribution in [2.24, 2.45) is 0 Å². The summed E-state index contributed by atoms with van der Waals surface area (Å²) in [5.74, 6) is -1.17. The standard InChI is InChI=1S/C11H12BrF2NO/c12-8-4-11(10(14)5-9(8)13)15-7-2-1-3-16-6-7/h4-5,7,15H,1-3,6H2. The molecule has 1 unspecified atom stereocenters. The van der Waals surface area contributed by atoms with E-state index in [0.29, 0.717) is 12.3 Å². The molecule has 5 heteroatoms. The van der Waals surface area contributed by atoms with Crippen LogP contribution in [0.2, 0.25) is 0 Å². The van der Waals surface area contributed by atoms with Gasteiger partial charge in [-0.1, -0.05) is 0 Å². The Bertz CT molecular complexity index is 380. The highest BCUT2D eigenvalue weighted by Crippen LogP contribution is 2.25. The zero-order chi connectivity index (χ0) is 11.5. The van der Waals surface area contributed by atoms with Gasteiger partial charge in [0.1, 0.15) is 11.6 Å². The third kappa shape index (κ3) is 2.71. The summed E-state index contributed by atoms with van der Waals surface area (Å²) < 4.78 is 32.0. The number of halogens is 3.